The van der Waals surface area contributed by atoms with E-state index in [1.165, 1.54) is 11.8 Å². The second-order valence-electron chi connectivity index (χ2n) is 5.31. The number of imidazole rings is 1. The third kappa shape index (κ3) is 2.72. The zero-order valence-electron chi connectivity index (χ0n) is 12.5. The fourth-order valence-corrected chi connectivity index (χ4v) is 3.42. The molecule has 4 rings (SSSR count). The largest absolute Gasteiger partial charge is 0.545 e. The second kappa shape index (κ2) is 5.98. The number of hydrogen-bond acceptors (Lipinski definition) is 5. The number of aromatic nitrogens is 3. The number of carboxylic acids is 1. The van der Waals surface area contributed by atoms with Gasteiger partial charge in [0.2, 0.25) is 0 Å². The quantitative estimate of drug-likeness (QED) is 0.580. The Morgan fingerprint density at radius 1 is 1.04 bits per heavy atom. The summed E-state index contributed by atoms with van der Waals surface area (Å²) in [7, 11) is 0. The van der Waals surface area contributed by atoms with Gasteiger partial charge in [-0.1, -0.05) is 42.1 Å². The first kappa shape index (κ1) is 14.7. The van der Waals surface area contributed by atoms with Gasteiger partial charge in [-0.25, -0.2) is 4.98 Å². The molecule has 1 N–H and O–H groups in total. The summed E-state index contributed by atoms with van der Waals surface area (Å²) in [6.07, 6.45) is 0. The number of aromatic carboxylic acids is 1. The van der Waals surface area contributed by atoms with E-state index in [1.54, 1.807) is 6.07 Å². The van der Waals surface area contributed by atoms with E-state index in [1.807, 2.05) is 48.5 Å². The Morgan fingerprint density at radius 2 is 1.79 bits per heavy atom. The van der Waals surface area contributed by atoms with Crippen LogP contribution in [0.2, 0.25) is 0 Å². The van der Waals surface area contributed by atoms with Crippen molar-refractivity contribution in [3.63, 3.8) is 0 Å². The van der Waals surface area contributed by atoms with Crippen LogP contribution in [0.15, 0.2) is 59.8 Å². The molecule has 4 aromatic rings. The van der Waals surface area contributed by atoms with Crippen LogP contribution in [0, 0.1) is 0 Å². The molecule has 24 heavy (non-hydrogen) atoms. The van der Waals surface area contributed by atoms with E-state index in [2.05, 4.69) is 15.0 Å². The zero-order chi connectivity index (χ0) is 16.5. The Morgan fingerprint density at radius 3 is 2.58 bits per heavy atom. The maximum absolute atomic E-state index is 11.4. The van der Waals surface area contributed by atoms with Gasteiger partial charge in [0.1, 0.15) is 0 Å². The molecule has 2 aromatic carbocycles. The van der Waals surface area contributed by atoms with Crippen molar-refractivity contribution in [2.75, 3.05) is 0 Å². The summed E-state index contributed by atoms with van der Waals surface area (Å²) in [6.45, 7) is 0. The molecule has 0 bridgehead atoms. The molecule has 0 spiro atoms. The summed E-state index contributed by atoms with van der Waals surface area (Å²) in [5.41, 5.74) is 3.21. The molecule has 118 valence electrons. The number of carbonyl (C=O) groups is 1. The Hall–Kier alpha value is -2.86. The topological polar surface area (TPSA) is 81.7 Å². The lowest BCUT2D eigenvalue weighted by molar-refractivity contribution is -0.255. The van der Waals surface area contributed by atoms with Gasteiger partial charge < -0.3 is 14.9 Å². The van der Waals surface area contributed by atoms with Crippen LogP contribution < -0.4 is 5.11 Å². The van der Waals surface area contributed by atoms with Crippen LogP contribution >= 0.6 is 11.8 Å². The second-order valence-corrected chi connectivity index (χ2v) is 6.27. The molecule has 0 unspecified atom stereocenters. The average Bonchev–Trinajstić information content (AvgIpc) is 3.02. The van der Waals surface area contributed by atoms with Crippen LogP contribution in [0.5, 0.6) is 0 Å². The fraction of sp³-hybridized carbons (Fsp3) is 0.0556. The highest BCUT2D eigenvalue weighted by Crippen LogP contribution is 2.25. The number of H-pyrrole nitrogens is 1. The van der Waals surface area contributed by atoms with Crippen molar-refractivity contribution in [1.29, 1.82) is 0 Å². The van der Waals surface area contributed by atoms with E-state index in [-0.39, 0.29) is 5.56 Å². The first-order valence-corrected chi connectivity index (χ1v) is 8.37. The molecule has 0 aliphatic rings. The van der Waals surface area contributed by atoms with Crippen molar-refractivity contribution in [3.05, 3.63) is 65.9 Å². The van der Waals surface area contributed by atoms with Gasteiger partial charge in [-0.3, -0.25) is 4.98 Å². The highest BCUT2D eigenvalue weighted by molar-refractivity contribution is 7.98. The molecule has 0 radical (unpaired) electrons. The zero-order valence-corrected chi connectivity index (χ0v) is 13.3. The lowest BCUT2D eigenvalue weighted by Crippen LogP contribution is -2.24. The minimum Gasteiger partial charge on any atom is -0.545 e. The normalized spacial score (nSPS) is 11.2. The van der Waals surface area contributed by atoms with E-state index in [4.69, 9.17) is 0 Å². The summed E-state index contributed by atoms with van der Waals surface area (Å²) in [5, 5.41) is 13.0. The van der Waals surface area contributed by atoms with E-state index < -0.39 is 5.97 Å². The van der Waals surface area contributed by atoms with E-state index in [0.717, 1.165) is 27.1 Å². The molecule has 2 heterocycles. The minimum atomic E-state index is -1.21. The number of fused-ring (bicyclic) bond motifs is 2. The molecule has 0 aliphatic carbocycles. The van der Waals surface area contributed by atoms with Gasteiger partial charge in [0.25, 0.3) is 0 Å². The van der Waals surface area contributed by atoms with Crippen molar-refractivity contribution in [1.82, 2.24) is 15.0 Å². The molecule has 0 atom stereocenters. The third-order valence-electron chi connectivity index (χ3n) is 3.74. The van der Waals surface area contributed by atoms with Crippen LogP contribution in [-0.4, -0.2) is 20.9 Å². The molecule has 0 fully saturated rings. The number of para-hydroxylation sites is 3. The molecule has 6 heteroatoms. The maximum atomic E-state index is 11.4. The summed E-state index contributed by atoms with van der Waals surface area (Å²) in [5.74, 6) is -0.818. The predicted molar refractivity (Wildman–Crippen MR) is 91.7 cm³/mol. The predicted octanol–water partition coefficient (Wildman–Crippen LogP) is 2.77. The van der Waals surface area contributed by atoms with Crippen LogP contribution in [0.4, 0.5) is 0 Å². The lowest BCUT2D eigenvalue weighted by atomic mass is 10.1. The van der Waals surface area contributed by atoms with E-state index in [9.17, 15) is 9.90 Å². The Balaban J connectivity index is 1.67. The highest BCUT2D eigenvalue weighted by Gasteiger charge is 2.10. The van der Waals surface area contributed by atoms with E-state index >= 15 is 0 Å². The van der Waals surface area contributed by atoms with Gasteiger partial charge in [-0.05, 0) is 24.3 Å². The smallest absolute Gasteiger partial charge is 0.166 e. The standard InChI is InChI=1S/C18H13N3O2S/c22-17(23)12-9-11-5-1-2-6-13(11)19-16(12)10-24-18-20-14-7-3-4-8-15(14)21-18/h1-9H,10H2,(H,20,21)(H,22,23)/p-1. The Bertz CT molecular complexity index is 1030. The molecule has 0 amide bonds. The van der Waals surface area contributed by atoms with Crippen molar-refractivity contribution in [2.45, 2.75) is 10.9 Å². The van der Waals surface area contributed by atoms with Gasteiger partial charge in [-0.2, -0.15) is 0 Å². The van der Waals surface area contributed by atoms with Gasteiger partial charge >= 0.3 is 0 Å². The Kier molecular flexibility index (Phi) is 3.66. The highest BCUT2D eigenvalue weighted by atomic mass is 32.2. The van der Waals surface area contributed by atoms with Crippen molar-refractivity contribution in [3.8, 4) is 0 Å². The first-order valence-electron chi connectivity index (χ1n) is 7.38. The number of carboxylic acid groups (broad SMARTS) is 1. The number of nitrogens with zero attached hydrogens (tertiary/aromatic N) is 2. The molecule has 0 saturated carbocycles. The SMILES string of the molecule is O=C([O-])c1cc2ccccc2nc1CSc1nc2ccccc2[nH]1. The third-order valence-corrected chi connectivity index (χ3v) is 4.62. The molecular formula is C18H12N3O2S-. The van der Waals surface area contributed by atoms with Gasteiger partial charge in [0.05, 0.1) is 28.2 Å². The van der Waals surface area contributed by atoms with Crippen LogP contribution in [0.1, 0.15) is 16.1 Å². The van der Waals surface area contributed by atoms with Crippen LogP contribution in [0.25, 0.3) is 21.9 Å². The average molecular weight is 334 g/mol. The van der Waals surface area contributed by atoms with Gasteiger partial charge in [-0.15, -0.1) is 0 Å². The number of nitrogens with one attached hydrogen (secondary N) is 1. The van der Waals surface area contributed by atoms with Crippen LogP contribution in [-0.2, 0) is 5.75 Å². The number of carbonyl (C=O) groups excluding carboxylic acids is 1. The first-order chi connectivity index (χ1) is 11.7. The molecular weight excluding hydrogens is 322 g/mol. The van der Waals surface area contributed by atoms with Crippen molar-refractivity contribution >= 4 is 39.7 Å². The number of pyridine rings is 1. The Labute approximate surface area is 141 Å². The number of thioether (sulfide) groups is 1. The molecule has 2 aromatic heterocycles. The number of aromatic amines is 1. The van der Waals surface area contributed by atoms with Crippen molar-refractivity contribution in [2.24, 2.45) is 0 Å². The minimum absolute atomic E-state index is 0.123. The summed E-state index contributed by atoms with van der Waals surface area (Å²) < 4.78 is 0. The van der Waals surface area contributed by atoms with Gasteiger partial charge in [0, 0.05) is 16.7 Å². The molecule has 0 saturated heterocycles. The number of hydrogen-bond donors (Lipinski definition) is 1. The molecule has 0 aliphatic heterocycles. The van der Waals surface area contributed by atoms with Gasteiger partial charge in [0.15, 0.2) is 5.16 Å². The molecule has 5 nitrogen and oxygen atoms in total. The number of rotatable bonds is 4. The van der Waals surface area contributed by atoms with Crippen LogP contribution in [0.3, 0.4) is 0 Å². The summed E-state index contributed by atoms with van der Waals surface area (Å²) in [6, 6.07) is 16.8. The summed E-state index contributed by atoms with van der Waals surface area (Å²) >= 11 is 1.42. The fourth-order valence-electron chi connectivity index (χ4n) is 2.58. The van der Waals surface area contributed by atoms with E-state index in [0.29, 0.717) is 11.4 Å². The van der Waals surface area contributed by atoms with Crippen molar-refractivity contribution < 1.29 is 9.90 Å². The number of benzene rings is 2. The lowest BCUT2D eigenvalue weighted by Gasteiger charge is -2.10. The summed E-state index contributed by atoms with van der Waals surface area (Å²) in [4.78, 5) is 23.6. The maximum Gasteiger partial charge on any atom is 0.166 e. The monoisotopic (exact) mass is 334 g/mol.